The van der Waals surface area contributed by atoms with Crippen molar-refractivity contribution < 1.29 is 24.5 Å². The van der Waals surface area contributed by atoms with E-state index in [1.807, 2.05) is 0 Å². The number of amides is 2. The van der Waals surface area contributed by atoms with E-state index in [0.717, 1.165) is 6.42 Å². The lowest BCUT2D eigenvalue weighted by Gasteiger charge is -2.15. The molecule has 4 N–H and O–H groups in total. The highest BCUT2D eigenvalue weighted by molar-refractivity contribution is 5.78. The van der Waals surface area contributed by atoms with Gasteiger partial charge in [-0.25, -0.2) is 4.79 Å². The van der Waals surface area contributed by atoms with Crippen LogP contribution in [0.15, 0.2) is 24.3 Å². The molecule has 1 heterocycles. The van der Waals surface area contributed by atoms with Gasteiger partial charge in [0.25, 0.3) is 0 Å². The molecule has 2 atom stereocenters. The van der Waals surface area contributed by atoms with Crippen molar-refractivity contribution in [3.05, 3.63) is 29.8 Å². The molecule has 0 aliphatic carbocycles. The Morgan fingerprint density at radius 1 is 1.50 bits per heavy atom. The van der Waals surface area contributed by atoms with E-state index in [1.54, 1.807) is 24.3 Å². The van der Waals surface area contributed by atoms with E-state index in [4.69, 9.17) is 9.84 Å². The average molecular weight is 308 g/mol. The number of rotatable bonds is 7. The molecule has 1 fully saturated rings. The predicted octanol–water partition coefficient (Wildman–Crippen LogP) is 1.04. The summed E-state index contributed by atoms with van der Waals surface area (Å²) in [5.74, 6) is 0.660. The number of carbonyl (C=O) groups excluding carboxylic acids is 1. The third kappa shape index (κ3) is 4.92. The number of hydrogen-bond donors (Lipinski definition) is 4. The average Bonchev–Trinajstić information content (AvgIpc) is 2.90. The van der Waals surface area contributed by atoms with E-state index >= 15 is 0 Å². The van der Waals surface area contributed by atoms with Crippen molar-refractivity contribution in [1.29, 1.82) is 0 Å². The summed E-state index contributed by atoms with van der Waals surface area (Å²) in [6, 6.07) is 7.06. The fraction of sp³-hybridized carbons (Fsp3) is 0.467. The second kappa shape index (κ2) is 7.65. The Bertz CT molecular complexity index is 534. The summed E-state index contributed by atoms with van der Waals surface area (Å²) in [7, 11) is 0. The van der Waals surface area contributed by atoms with Gasteiger partial charge in [-0.3, -0.25) is 4.79 Å². The number of aliphatic hydroxyl groups excluding tert-OH is 1. The van der Waals surface area contributed by atoms with Crippen molar-refractivity contribution in [3.8, 4) is 5.75 Å². The molecule has 1 aliphatic rings. The van der Waals surface area contributed by atoms with E-state index in [0.29, 0.717) is 24.3 Å². The topological polar surface area (TPSA) is 108 Å². The smallest absolute Gasteiger partial charge is 0.404 e. The molecule has 0 aromatic heterocycles. The lowest BCUT2D eigenvalue weighted by atomic mass is 10.1. The van der Waals surface area contributed by atoms with Gasteiger partial charge in [-0.05, 0) is 30.5 Å². The van der Waals surface area contributed by atoms with Gasteiger partial charge in [0.2, 0.25) is 5.91 Å². The van der Waals surface area contributed by atoms with Crippen molar-refractivity contribution in [2.45, 2.75) is 31.4 Å². The summed E-state index contributed by atoms with van der Waals surface area (Å²) in [6.45, 7) is 0.571. The third-order valence-electron chi connectivity index (χ3n) is 3.47. The van der Waals surface area contributed by atoms with Gasteiger partial charge in [-0.2, -0.15) is 0 Å². The Balaban J connectivity index is 1.83. The van der Waals surface area contributed by atoms with Crippen LogP contribution in [0.25, 0.3) is 0 Å². The quantitative estimate of drug-likeness (QED) is 0.602. The van der Waals surface area contributed by atoms with E-state index in [9.17, 15) is 14.7 Å². The standard InChI is InChI=1S/C15H20N2O5/c18-13(6-7-16-15(20)21)10-2-1-3-12(8-10)22-9-11-4-5-14(19)17-11/h1-3,8,11,13,16,18H,4-7,9H2,(H,17,19)(H,20,21)/t11?,13-/m1/s1. The third-order valence-corrected chi connectivity index (χ3v) is 3.47. The van der Waals surface area contributed by atoms with Gasteiger partial charge in [-0.15, -0.1) is 0 Å². The summed E-state index contributed by atoms with van der Waals surface area (Å²) in [5, 5.41) is 23.6. The van der Waals surface area contributed by atoms with Crippen LogP contribution in [0.1, 0.15) is 30.9 Å². The van der Waals surface area contributed by atoms with Crippen LogP contribution >= 0.6 is 0 Å². The number of nitrogens with one attached hydrogen (secondary N) is 2. The molecule has 7 nitrogen and oxygen atoms in total. The van der Waals surface area contributed by atoms with Crippen LogP contribution in [0.4, 0.5) is 4.79 Å². The molecule has 1 aromatic rings. The highest BCUT2D eigenvalue weighted by Crippen LogP contribution is 2.22. The number of hydrogen-bond acceptors (Lipinski definition) is 4. The lowest BCUT2D eigenvalue weighted by molar-refractivity contribution is -0.119. The molecule has 0 spiro atoms. The highest BCUT2D eigenvalue weighted by Gasteiger charge is 2.21. The van der Waals surface area contributed by atoms with E-state index < -0.39 is 12.2 Å². The first-order chi connectivity index (χ1) is 10.5. The minimum absolute atomic E-state index is 0.0286. The minimum atomic E-state index is -1.11. The van der Waals surface area contributed by atoms with Crippen molar-refractivity contribution in [2.75, 3.05) is 13.2 Å². The SMILES string of the molecule is O=C(O)NCC[C@@H](O)c1cccc(OCC2CCC(=O)N2)c1. The van der Waals surface area contributed by atoms with Crippen molar-refractivity contribution >= 4 is 12.0 Å². The Labute approximate surface area is 128 Å². The van der Waals surface area contributed by atoms with Gasteiger partial charge in [-0.1, -0.05) is 12.1 Å². The van der Waals surface area contributed by atoms with Gasteiger partial charge in [0.05, 0.1) is 12.1 Å². The van der Waals surface area contributed by atoms with Crippen LogP contribution in [-0.2, 0) is 4.79 Å². The molecule has 7 heteroatoms. The van der Waals surface area contributed by atoms with Crippen molar-refractivity contribution in [2.24, 2.45) is 0 Å². The maximum Gasteiger partial charge on any atom is 0.404 e. The van der Waals surface area contributed by atoms with Crippen LogP contribution in [0.3, 0.4) is 0 Å². The number of aliphatic hydroxyl groups is 1. The molecular formula is C15H20N2O5. The molecule has 2 rings (SSSR count). The molecule has 2 amide bonds. The Hall–Kier alpha value is -2.28. The molecule has 0 saturated carbocycles. The van der Waals surface area contributed by atoms with Crippen molar-refractivity contribution in [1.82, 2.24) is 10.6 Å². The molecule has 1 saturated heterocycles. The number of ether oxygens (including phenoxy) is 1. The Morgan fingerprint density at radius 3 is 3.00 bits per heavy atom. The zero-order valence-corrected chi connectivity index (χ0v) is 12.1. The van der Waals surface area contributed by atoms with Crippen LogP contribution in [0.5, 0.6) is 5.75 Å². The fourth-order valence-electron chi connectivity index (χ4n) is 2.29. The lowest BCUT2D eigenvalue weighted by Crippen LogP contribution is -2.30. The molecule has 0 bridgehead atoms. The van der Waals surface area contributed by atoms with E-state index in [1.165, 1.54) is 0 Å². The summed E-state index contributed by atoms with van der Waals surface area (Å²) in [5.41, 5.74) is 0.667. The van der Waals surface area contributed by atoms with E-state index in [2.05, 4.69) is 10.6 Å². The summed E-state index contributed by atoms with van der Waals surface area (Å²) in [4.78, 5) is 21.5. The zero-order chi connectivity index (χ0) is 15.9. The van der Waals surface area contributed by atoms with Crippen LogP contribution in [-0.4, -0.2) is 41.4 Å². The first-order valence-electron chi connectivity index (χ1n) is 7.21. The second-order valence-corrected chi connectivity index (χ2v) is 5.22. The van der Waals surface area contributed by atoms with Crippen LogP contribution in [0, 0.1) is 0 Å². The molecule has 0 radical (unpaired) electrons. The monoisotopic (exact) mass is 308 g/mol. The van der Waals surface area contributed by atoms with Crippen molar-refractivity contribution in [3.63, 3.8) is 0 Å². The highest BCUT2D eigenvalue weighted by atomic mass is 16.5. The molecule has 1 aromatic carbocycles. The second-order valence-electron chi connectivity index (χ2n) is 5.22. The van der Waals surface area contributed by atoms with Crippen LogP contribution in [0.2, 0.25) is 0 Å². The fourth-order valence-corrected chi connectivity index (χ4v) is 2.29. The summed E-state index contributed by atoms with van der Waals surface area (Å²) in [6.07, 6.45) is -0.288. The van der Waals surface area contributed by atoms with Gasteiger partial charge in [0.15, 0.2) is 0 Å². The number of carbonyl (C=O) groups is 2. The van der Waals surface area contributed by atoms with Gasteiger partial charge < -0.3 is 25.6 Å². The molecule has 120 valence electrons. The summed E-state index contributed by atoms with van der Waals surface area (Å²) >= 11 is 0. The van der Waals surface area contributed by atoms with Gasteiger partial charge in [0, 0.05) is 13.0 Å². The molecule has 22 heavy (non-hydrogen) atoms. The molecule has 1 unspecified atom stereocenters. The normalized spacial score (nSPS) is 18.6. The maximum absolute atomic E-state index is 11.1. The first kappa shape index (κ1) is 16.1. The predicted molar refractivity (Wildman–Crippen MR) is 78.7 cm³/mol. The minimum Gasteiger partial charge on any atom is -0.491 e. The molecule has 1 aliphatic heterocycles. The van der Waals surface area contributed by atoms with E-state index in [-0.39, 0.29) is 24.9 Å². The maximum atomic E-state index is 11.1. The Kier molecular flexibility index (Phi) is 5.60. The van der Waals surface area contributed by atoms with Gasteiger partial charge >= 0.3 is 6.09 Å². The van der Waals surface area contributed by atoms with Gasteiger partial charge in [0.1, 0.15) is 12.4 Å². The zero-order valence-electron chi connectivity index (χ0n) is 12.1. The number of carboxylic acid groups (broad SMARTS) is 1. The Morgan fingerprint density at radius 2 is 2.32 bits per heavy atom. The van der Waals surface area contributed by atoms with Crippen LogP contribution < -0.4 is 15.4 Å². The largest absolute Gasteiger partial charge is 0.491 e. The summed E-state index contributed by atoms with van der Waals surface area (Å²) < 4.78 is 5.64. The first-order valence-corrected chi connectivity index (χ1v) is 7.21. The molecular weight excluding hydrogens is 288 g/mol. The number of benzene rings is 1.